The predicted octanol–water partition coefficient (Wildman–Crippen LogP) is 2.87. The molecule has 0 bridgehead atoms. The number of likely N-dealkylation sites (tertiary alicyclic amines) is 1. The van der Waals surface area contributed by atoms with Gasteiger partial charge < -0.3 is 9.30 Å². The number of aromatic nitrogens is 2. The maximum Gasteiger partial charge on any atom is 0.113 e. The van der Waals surface area contributed by atoms with Crippen molar-refractivity contribution >= 4 is 17.1 Å². The molecule has 0 aromatic carbocycles. The number of nitrogens with zero attached hydrogens (tertiary/aromatic N) is 3. The van der Waals surface area contributed by atoms with Crippen LogP contribution in [0.4, 0.5) is 0 Å². The van der Waals surface area contributed by atoms with Crippen molar-refractivity contribution in [3.05, 3.63) is 35.4 Å². The minimum absolute atomic E-state index is 0.731. The summed E-state index contributed by atoms with van der Waals surface area (Å²) in [5.41, 5.74) is 1.12. The number of imidazole rings is 1. The SMILES string of the molecule is CCN1CCC(Cc2ncc3ccc(Cl)cn23)C1. The molecule has 3 heterocycles. The zero-order chi connectivity index (χ0) is 12.5. The molecular weight excluding hydrogens is 246 g/mol. The van der Waals surface area contributed by atoms with E-state index in [4.69, 9.17) is 11.6 Å². The van der Waals surface area contributed by atoms with Gasteiger partial charge in [0.25, 0.3) is 0 Å². The molecule has 4 heteroatoms. The Morgan fingerprint density at radius 2 is 2.33 bits per heavy atom. The van der Waals surface area contributed by atoms with Crippen molar-refractivity contribution in [3.63, 3.8) is 0 Å². The van der Waals surface area contributed by atoms with Crippen LogP contribution in [0.1, 0.15) is 19.2 Å². The zero-order valence-corrected chi connectivity index (χ0v) is 11.4. The molecule has 1 aliphatic heterocycles. The van der Waals surface area contributed by atoms with Crippen molar-refractivity contribution < 1.29 is 0 Å². The van der Waals surface area contributed by atoms with Crippen molar-refractivity contribution in [2.24, 2.45) is 5.92 Å². The van der Waals surface area contributed by atoms with E-state index < -0.39 is 0 Å². The summed E-state index contributed by atoms with van der Waals surface area (Å²) in [6, 6.07) is 3.93. The van der Waals surface area contributed by atoms with Crippen LogP contribution in [0.15, 0.2) is 24.5 Å². The first-order chi connectivity index (χ1) is 8.76. The van der Waals surface area contributed by atoms with Gasteiger partial charge in [0, 0.05) is 19.2 Å². The molecule has 96 valence electrons. The standard InChI is InChI=1S/C14H18ClN3/c1-2-17-6-5-11(9-17)7-14-16-8-13-4-3-12(15)10-18(13)14/h3-4,8,10-11H,2,5-7,9H2,1H3. The van der Waals surface area contributed by atoms with E-state index in [2.05, 4.69) is 21.2 Å². The van der Waals surface area contributed by atoms with E-state index in [1.165, 1.54) is 19.5 Å². The molecule has 0 aliphatic carbocycles. The van der Waals surface area contributed by atoms with Crippen molar-refractivity contribution in [1.29, 1.82) is 0 Å². The number of hydrogen-bond donors (Lipinski definition) is 0. The topological polar surface area (TPSA) is 20.5 Å². The van der Waals surface area contributed by atoms with Gasteiger partial charge in [-0.25, -0.2) is 4.98 Å². The van der Waals surface area contributed by atoms with Crippen LogP contribution in [0.5, 0.6) is 0 Å². The summed E-state index contributed by atoms with van der Waals surface area (Å²) in [5, 5.41) is 0.767. The second kappa shape index (κ2) is 4.90. The average Bonchev–Trinajstić information content (AvgIpc) is 2.97. The van der Waals surface area contributed by atoms with E-state index >= 15 is 0 Å². The van der Waals surface area contributed by atoms with Gasteiger partial charge in [0.2, 0.25) is 0 Å². The van der Waals surface area contributed by atoms with Crippen LogP contribution >= 0.6 is 11.6 Å². The van der Waals surface area contributed by atoms with Crippen LogP contribution < -0.4 is 0 Å². The molecule has 3 rings (SSSR count). The maximum atomic E-state index is 6.05. The van der Waals surface area contributed by atoms with E-state index in [0.717, 1.165) is 35.2 Å². The molecule has 18 heavy (non-hydrogen) atoms. The molecule has 0 spiro atoms. The highest BCUT2D eigenvalue weighted by Crippen LogP contribution is 2.21. The largest absolute Gasteiger partial charge is 0.303 e. The fraction of sp³-hybridized carbons (Fsp3) is 0.500. The Morgan fingerprint density at radius 1 is 1.44 bits per heavy atom. The van der Waals surface area contributed by atoms with Crippen molar-refractivity contribution in [2.75, 3.05) is 19.6 Å². The van der Waals surface area contributed by atoms with E-state index in [-0.39, 0.29) is 0 Å². The van der Waals surface area contributed by atoms with Gasteiger partial charge in [-0.15, -0.1) is 0 Å². The Hall–Kier alpha value is -1.06. The van der Waals surface area contributed by atoms with Crippen LogP contribution in [-0.4, -0.2) is 33.9 Å². The summed E-state index contributed by atoms with van der Waals surface area (Å²) < 4.78 is 2.12. The van der Waals surface area contributed by atoms with Gasteiger partial charge in [0.05, 0.1) is 16.7 Å². The number of rotatable bonds is 3. The lowest BCUT2D eigenvalue weighted by molar-refractivity contribution is 0.341. The van der Waals surface area contributed by atoms with E-state index in [1.807, 2.05) is 24.5 Å². The summed E-state index contributed by atoms with van der Waals surface area (Å²) in [7, 11) is 0. The summed E-state index contributed by atoms with van der Waals surface area (Å²) in [4.78, 5) is 7.04. The van der Waals surface area contributed by atoms with Crippen LogP contribution in [0, 0.1) is 5.92 Å². The number of pyridine rings is 1. The Bertz CT molecular complexity index is 549. The molecule has 1 saturated heterocycles. The third kappa shape index (κ3) is 2.25. The van der Waals surface area contributed by atoms with Gasteiger partial charge in [-0.3, -0.25) is 0 Å². The fourth-order valence-corrected chi connectivity index (χ4v) is 2.95. The molecule has 0 N–H and O–H groups in total. The van der Waals surface area contributed by atoms with Crippen LogP contribution in [0.25, 0.3) is 5.52 Å². The minimum atomic E-state index is 0.731. The first-order valence-electron chi connectivity index (χ1n) is 6.60. The van der Waals surface area contributed by atoms with E-state index in [0.29, 0.717) is 0 Å². The monoisotopic (exact) mass is 263 g/mol. The lowest BCUT2D eigenvalue weighted by atomic mass is 10.0. The van der Waals surface area contributed by atoms with Gasteiger partial charge in [-0.1, -0.05) is 18.5 Å². The molecule has 2 aromatic heterocycles. The summed E-state index contributed by atoms with van der Waals surface area (Å²) in [6.07, 6.45) is 6.22. The molecular formula is C14H18ClN3. The van der Waals surface area contributed by atoms with Gasteiger partial charge in [-0.2, -0.15) is 0 Å². The highest BCUT2D eigenvalue weighted by molar-refractivity contribution is 6.30. The Kier molecular flexibility index (Phi) is 3.27. The summed E-state index contributed by atoms with van der Waals surface area (Å²) in [5.74, 6) is 1.87. The molecule has 1 atom stereocenters. The van der Waals surface area contributed by atoms with E-state index in [1.54, 1.807) is 0 Å². The zero-order valence-electron chi connectivity index (χ0n) is 10.6. The molecule has 1 unspecified atom stereocenters. The highest BCUT2D eigenvalue weighted by Gasteiger charge is 2.22. The van der Waals surface area contributed by atoms with Gasteiger partial charge in [0.1, 0.15) is 5.82 Å². The fourth-order valence-electron chi connectivity index (χ4n) is 2.79. The van der Waals surface area contributed by atoms with Crippen LogP contribution in [-0.2, 0) is 6.42 Å². The Balaban J connectivity index is 1.80. The summed E-state index contributed by atoms with van der Waals surface area (Å²) in [6.45, 7) is 5.81. The average molecular weight is 264 g/mol. The van der Waals surface area contributed by atoms with Crippen molar-refractivity contribution in [3.8, 4) is 0 Å². The second-order valence-electron chi connectivity index (χ2n) is 5.07. The predicted molar refractivity (Wildman–Crippen MR) is 74.1 cm³/mol. The lowest BCUT2D eigenvalue weighted by Crippen LogP contribution is -2.20. The number of fused-ring (bicyclic) bond motifs is 1. The second-order valence-corrected chi connectivity index (χ2v) is 5.51. The van der Waals surface area contributed by atoms with Crippen molar-refractivity contribution in [1.82, 2.24) is 14.3 Å². The normalized spacial score (nSPS) is 20.9. The first kappa shape index (κ1) is 12.0. The third-order valence-corrected chi connectivity index (χ3v) is 4.08. The third-order valence-electron chi connectivity index (χ3n) is 3.86. The summed E-state index contributed by atoms with van der Waals surface area (Å²) >= 11 is 6.05. The number of halogens is 1. The highest BCUT2D eigenvalue weighted by atomic mass is 35.5. The molecule has 0 radical (unpaired) electrons. The molecule has 3 nitrogen and oxygen atoms in total. The maximum absolute atomic E-state index is 6.05. The lowest BCUT2D eigenvalue weighted by Gasteiger charge is -2.12. The smallest absolute Gasteiger partial charge is 0.113 e. The first-order valence-corrected chi connectivity index (χ1v) is 6.98. The Labute approximate surface area is 112 Å². The van der Waals surface area contributed by atoms with Gasteiger partial charge in [0.15, 0.2) is 0 Å². The van der Waals surface area contributed by atoms with Crippen LogP contribution in [0.3, 0.4) is 0 Å². The van der Waals surface area contributed by atoms with E-state index in [9.17, 15) is 0 Å². The molecule has 0 amide bonds. The van der Waals surface area contributed by atoms with Crippen LogP contribution in [0.2, 0.25) is 5.02 Å². The molecule has 0 saturated carbocycles. The Morgan fingerprint density at radius 3 is 3.11 bits per heavy atom. The van der Waals surface area contributed by atoms with Gasteiger partial charge >= 0.3 is 0 Å². The molecule has 1 aliphatic rings. The molecule has 2 aromatic rings. The van der Waals surface area contributed by atoms with Crippen molar-refractivity contribution in [2.45, 2.75) is 19.8 Å². The quantitative estimate of drug-likeness (QED) is 0.849. The minimum Gasteiger partial charge on any atom is -0.303 e. The van der Waals surface area contributed by atoms with Gasteiger partial charge in [-0.05, 0) is 37.6 Å². The molecule has 1 fully saturated rings. The number of hydrogen-bond acceptors (Lipinski definition) is 2.